The number of methoxy groups -OCH3 is 1. The van der Waals surface area contributed by atoms with Gasteiger partial charge < -0.3 is 20.5 Å². The highest BCUT2D eigenvalue weighted by molar-refractivity contribution is 5.62. The van der Waals surface area contributed by atoms with Gasteiger partial charge in [-0.15, -0.1) is 0 Å². The Morgan fingerprint density at radius 2 is 2.00 bits per heavy atom. The van der Waals surface area contributed by atoms with Crippen LogP contribution in [0.2, 0.25) is 0 Å². The van der Waals surface area contributed by atoms with Gasteiger partial charge in [-0.2, -0.15) is 0 Å². The Kier molecular flexibility index (Phi) is 4.28. The number of aliphatic hydroxyl groups is 1. The van der Waals surface area contributed by atoms with Gasteiger partial charge in [0.15, 0.2) is 0 Å². The van der Waals surface area contributed by atoms with Crippen LogP contribution in [0.3, 0.4) is 0 Å². The van der Waals surface area contributed by atoms with E-state index in [4.69, 9.17) is 15.6 Å². The third-order valence-electron chi connectivity index (χ3n) is 3.37. The van der Waals surface area contributed by atoms with E-state index in [-0.39, 0.29) is 6.61 Å². The zero-order chi connectivity index (χ0) is 13.0. The molecule has 5 nitrogen and oxygen atoms in total. The average molecular weight is 251 g/mol. The van der Waals surface area contributed by atoms with Gasteiger partial charge in [0.2, 0.25) is 0 Å². The number of nitrogens with two attached hydrogens (primary N) is 1. The van der Waals surface area contributed by atoms with Crippen molar-refractivity contribution in [1.82, 2.24) is 4.90 Å². The number of aliphatic hydroxyl groups excluding tert-OH is 1. The number of nitrogen functional groups attached to an aromatic ring is 1. The van der Waals surface area contributed by atoms with Crippen LogP contribution in [0.25, 0.3) is 0 Å². The molecule has 0 spiro atoms. The summed E-state index contributed by atoms with van der Waals surface area (Å²) < 4.78 is 5.24. The maximum atomic E-state index is 8.91. The minimum Gasteiger partial charge on any atom is -0.495 e. The summed E-state index contributed by atoms with van der Waals surface area (Å²) in [5.41, 5.74) is 7.62. The molecule has 1 heterocycles. The van der Waals surface area contributed by atoms with Crippen LogP contribution >= 0.6 is 0 Å². The number of β-amino-alcohol motifs (C(OH)–C–C–N with tert-alkyl or cyclic N) is 1. The van der Waals surface area contributed by atoms with Crippen molar-refractivity contribution in [2.24, 2.45) is 0 Å². The Hall–Kier alpha value is -1.46. The highest BCUT2D eigenvalue weighted by Gasteiger charge is 2.17. The molecule has 1 fully saturated rings. The van der Waals surface area contributed by atoms with Gasteiger partial charge >= 0.3 is 0 Å². The van der Waals surface area contributed by atoms with Gasteiger partial charge in [-0.1, -0.05) is 0 Å². The first kappa shape index (κ1) is 13.0. The summed E-state index contributed by atoms with van der Waals surface area (Å²) in [4.78, 5) is 4.58. The highest BCUT2D eigenvalue weighted by Crippen LogP contribution is 2.27. The van der Waals surface area contributed by atoms with Crippen LogP contribution in [0.15, 0.2) is 18.2 Å². The predicted octanol–water partition coefficient (Wildman–Crippen LogP) is 0.392. The Bertz CT molecular complexity index is 390. The van der Waals surface area contributed by atoms with E-state index in [1.807, 2.05) is 18.2 Å². The molecule has 100 valence electrons. The van der Waals surface area contributed by atoms with Crippen LogP contribution in [-0.4, -0.2) is 56.4 Å². The molecule has 0 saturated carbocycles. The molecular formula is C13H21N3O2. The number of benzene rings is 1. The van der Waals surface area contributed by atoms with E-state index in [0.717, 1.165) is 44.2 Å². The first-order valence-corrected chi connectivity index (χ1v) is 6.26. The van der Waals surface area contributed by atoms with E-state index in [2.05, 4.69) is 9.80 Å². The number of nitrogens with zero attached hydrogens (tertiary/aromatic N) is 2. The molecule has 1 saturated heterocycles. The minimum atomic E-state index is 0.232. The Labute approximate surface area is 108 Å². The van der Waals surface area contributed by atoms with Crippen molar-refractivity contribution in [2.75, 3.05) is 57.1 Å². The monoisotopic (exact) mass is 251 g/mol. The lowest BCUT2D eigenvalue weighted by atomic mass is 10.2. The van der Waals surface area contributed by atoms with Crippen molar-refractivity contribution >= 4 is 11.4 Å². The lowest BCUT2D eigenvalue weighted by Crippen LogP contribution is -2.47. The average Bonchev–Trinajstić information content (AvgIpc) is 2.41. The van der Waals surface area contributed by atoms with Crippen LogP contribution in [0.1, 0.15) is 0 Å². The zero-order valence-corrected chi connectivity index (χ0v) is 10.8. The predicted molar refractivity (Wildman–Crippen MR) is 73.1 cm³/mol. The van der Waals surface area contributed by atoms with Crippen LogP contribution in [0.5, 0.6) is 5.75 Å². The van der Waals surface area contributed by atoms with Crippen molar-refractivity contribution < 1.29 is 9.84 Å². The molecule has 3 N–H and O–H groups in total. The second-order valence-corrected chi connectivity index (χ2v) is 4.48. The van der Waals surface area contributed by atoms with Crippen molar-refractivity contribution in [3.05, 3.63) is 18.2 Å². The molecule has 0 atom stereocenters. The van der Waals surface area contributed by atoms with Crippen LogP contribution in [-0.2, 0) is 0 Å². The second-order valence-electron chi connectivity index (χ2n) is 4.48. The zero-order valence-electron chi connectivity index (χ0n) is 10.8. The first-order valence-electron chi connectivity index (χ1n) is 6.26. The van der Waals surface area contributed by atoms with Crippen molar-refractivity contribution in [1.29, 1.82) is 0 Å². The lowest BCUT2D eigenvalue weighted by molar-refractivity contribution is 0.189. The number of rotatable bonds is 4. The number of hydrogen-bond acceptors (Lipinski definition) is 5. The summed E-state index contributed by atoms with van der Waals surface area (Å²) in [6.07, 6.45) is 0. The van der Waals surface area contributed by atoms with Crippen molar-refractivity contribution in [3.8, 4) is 5.75 Å². The maximum Gasteiger partial charge on any atom is 0.143 e. The smallest absolute Gasteiger partial charge is 0.143 e. The van der Waals surface area contributed by atoms with E-state index < -0.39 is 0 Å². The summed E-state index contributed by atoms with van der Waals surface area (Å²) in [6, 6.07) is 5.89. The van der Waals surface area contributed by atoms with Gasteiger partial charge in [-0.05, 0) is 12.1 Å². The van der Waals surface area contributed by atoms with Crippen LogP contribution < -0.4 is 15.4 Å². The number of piperazine rings is 1. The second kappa shape index (κ2) is 5.93. The molecule has 0 amide bonds. The third-order valence-corrected chi connectivity index (χ3v) is 3.37. The van der Waals surface area contributed by atoms with E-state index in [9.17, 15) is 0 Å². The summed E-state index contributed by atoms with van der Waals surface area (Å²) >= 11 is 0. The fourth-order valence-corrected chi connectivity index (χ4v) is 2.27. The van der Waals surface area contributed by atoms with Crippen LogP contribution in [0, 0.1) is 0 Å². The highest BCUT2D eigenvalue weighted by atomic mass is 16.5. The molecule has 1 aliphatic rings. The summed E-state index contributed by atoms with van der Waals surface area (Å²) in [5, 5.41) is 8.91. The molecule has 0 aliphatic carbocycles. The fraction of sp³-hybridized carbons (Fsp3) is 0.538. The van der Waals surface area contributed by atoms with E-state index in [1.54, 1.807) is 7.11 Å². The molecule has 0 unspecified atom stereocenters. The Morgan fingerprint density at radius 1 is 1.28 bits per heavy atom. The minimum absolute atomic E-state index is 0.232. The van der Waals surface area contributed by atoms with Gasteiger partial charge in [-0.3, -0.25) is 4.90 Å². The number of anilines is 2. The lowest BCUT2D eigenvalue weighted by Gasteiger charge is -2.35. The summed E-state index contributed by atoms with van der Waals surface area (Å²) in [6.45, 7) is 4.88. The van der Waals surface area contributed by atoms with E-state index in [1.165, 1.54) is 0 Å². The molecule has 0 aromatic heterocycles. The molecule has 1 aromatic rings. The topological polar surface area (TPSA) is 62.0 Å². The molecular weight excluding hydrogens is 230 g/mol. The largest absolute Gasteiger partial charge is 0.495 e. The third kappa shape index (κ3) is 2.86. The quantitative estimate of drug-likeness (QED) is 0.758. The van der Waals surface area contributed by atoms with E-state index in [0.29, 0.717) is 5.69 Å². The first-order chi connectivity index (χ1) is 8.74. The summed E-state index contributed by atoms with van der Waals surface area (Å²) in [7, 11) is 1.63. The number of hydrogen-bond donors (Lipinski definition) is 2. The van der Waals surface area contributed by atoms with E-state index >= 15 is 0 Å². The van der Waals surface area contributed by atoms with Gasteiger partial charge in [-0.25, -0.2) is 0 Å². The SMILES string of the molecule is COc1cc(N2CCN(CCO)CC2)ccc1N. The Morgan fingerprint density at radius 3 is 2.61 bits per heavy atom. The van der Waals surface area contributed by atoms with Crippen molar-refractivity contribution in [3.63, 3.8) is 0 Å². The van der Waals surface area contributed by atoms with Gasteiger partial charge in [0.05, 0.1) is 19.4 Å². The molecule has 5 heteroatoms. The molecule has 18 heavy (non-hydrogen) atoms. The van der Waals surface area contributed by atoms with Gasteiger partial charge in [0.1, 0.15) is 5.75 Å². The fourth-order valence-electron chi connectivity index (χ4n) is 2.27. The van der Waals surface area contributed by atoms with Crippen molar-refractivity contribution in [2.45, 2.75) is 0 Å². The molecule has 1 aromatic carbocycles. The Balaban J connectivity index is 2.01. The van der Waals surface area contributed by atoms with Gasteiger partial charge in [0, 0.05) is 44.5 Å². The molecule has 2 rings (SSSR count). The number of ether oxygens (including phenoxy) is 1. The normalized spacial score (nSPS) is 16.9. The summed E-state index contributed by atoms with van der Waals surface area (Å²) in [5.74, 6) is 0.727. The molecule has 1 aliphatic heterocycles. The molecule has 0 bridgehead atoms. The maximum absolute atomic E-state index is 8.91. The van der Waals surface area contributed by atoms with Crippen LogP contribution in [0.4, 0.5) is 11.4 Å². The molecule has 0 radical (unpaired) electrons. The van der Waals surface area contributed by atoms with Gasteiger partial charge in [0.25, 0.3) is 0 Å². The standard InChI is InChI=1S/C13H21N3O2/c1-18-13-10-11(2-3-12(13)14)16-6-4-15(5-7-16)8-9-17/h2-3,10,17H,4-9,14H2,1H3.